The Balaban J connectivity index is 2.41. The van der Waals surface area contributed by atoms with Crippen molar-refractivity contribution in [1.29, 1.82) is 0 Å². The first-order chi connectivity index (χ1) is 7.36. The molecular weight excluding hydrogens is 190 g/mol. The normalized spacial score (nSPS) is 15.2. The molecule has 0 bridgehead atoms. The Morgan fingerprint density at radius 3 is 3.07 bits per heavy atom. The smallest absolute Gasteiger partial charge is 0.197 e. The van der Waals surface area contributed by atoms with E-state index in [0.717, 1.165) is 24.3 Å². The Morgan fingerprint density at radius 1 is 1.27 bits per heavy atom. The summed E-state index contributed by atoms with van der Waals surface area (Å²) in [6.07, 6.45) is 0.801. The van der Waals surface area contributed by atoms with Crippen LogP contribution in [0.1, 0.15) is 11.3 Å². The highest BCUT2D eigenvalue weighted by atomic mass is 16.3. The lowest BCUT2D eigenvalue weighted by molar-refractivity contribution is 0.481. The Labute approximate surface area is 86.7 Å². The highest BCUT2D eigenvalue weighted by Crippen LogP contribution is 2.17. The van der Waals surface area contributed by atoms with E-state index in [1.54, 1.807) is 0 Å². The molecule has 15 heavy (non-hydrogen) atoms. The van der Waals surface area contributed by atoms with Gasteiger partial charge in [0.25, 0.3) is 0 Å². The van der Waals surface area contributed by atoms with Crippen LogP contribution in [-0.2, 0) is 13.0 Å². The number of hydrogen-bond donors (Lipinski definition) is 1. The molecule has 3 nitrogen and oxygen atoms in total. The number of benzene rings is 1. The standard InChI is InChI=1S/C12H11NO2/c14-12-8-3-1-2-4-10(8)15-11-5-6-13-7-9(11)12/h1-4,13H,5-7H2. The van der Waals surface area contributed by atoms with E-state index in [0.29, 0.717) is 17.5 Å². The quantitative estimate of drug-likeness (QED) is 0.701. The fourth-order valence-electron chi connectivity index (χ4n) is 2.02. The highest BCUT2D eigenvalue weighted by Gasteiger charge is 2.16. The lowest BCUT2D eigenvalue weighted by atomic mass is 10.1. The summed E-state index contributed by atoms with van der Waals surface area (Å²) in [6.45, 7) is 1.51. The molecule has 0 amide bonds. The molecule has 2 heterocycles. The maximum absolute atomic E-state index is 12.1. The molecule has 1 aromatic heterocycles. The van der Waals surface area contributed by atoms with E-state index in [1.807, 2.05) is 24.3 Å². The molecule has 1 N–H and O–H groups in total. The van der Waals surface area contributed by atoms with Crippen LogP contribution in [0.4, 0.5) is 0 Å². The van der Waals surface area contributed by atoms with Gasteiger partial charge in [-0.3, -0.25) is 4.79 Å². The highest BCUT2D eigenvalue weighted by molar-refractivity contribution is 5.77. The second-order valence-corrected chi connectivity index (χ2v) is 3.76. The van der Waals surface area contributed by atoms with Crippen molar-refractivity contribution in [3.8, 4) is 0 Å². The van der Waals surface area contributed by atoms with Crippen molar-refractivity contribution in [3.63, 3.8) is 0 Å². The summed E-state index contributed by atoms with van der Waals surface area (Å²) in [5, 5.41) is 3.87. The zero-order valence-corrected chi connectivity index (χ0v) is 8.25. The maximum Gasteiger partial charge on any atom is 0.197 e. The van der Waals surface area contributed by atoms with E-state index < -0.39 is 0 Å². The minimum absolute atomic E-state index is 0.110. The molecule has 0 fully saturated rings. The summed E-state index contributed by atoms with van der Waals surface area (Å²) < 4.78 is 5.73. The summed E-state index contributed by atoms with van der Waals surface area (Å²) in [4.78, 5) is 12.1. The molecule has 2 aromatic rings. The monoisotopic (exact) mass is 201 g/mol. The lowest BCUT2D eigenvalue weighted by Crippen LogP contribution is -2.29. The Bertz CT molecular complexity index is 571. The summed E-state index contributed by atoms with van der Waals surface area (Å²) in [7, 11) is 0. The summed E-state index contributed by atoms with van der Waals surface area (Å²) in [6, 6.07) is 7.41. The van der Waals surface area contributed by atoms with E-state index >= 15 is 0 Å². The molecular formula is C12H11NO2. The molecule has 1 aromatic carbocycles. The van der Waals surface area contributed by atoms with Gasteiger partial charge in [-0.2, -0.15) is 0 Å². The van der Waals surface area contributed by atoms with Gasteiger partial charge in [-0.05, 0) is 12.1 Å². The molecule has 1 aliphatic rings. The van der Waals surface area contributed by atoms with Gasteiger partial charge in [0.05, 0.1) is 10.9 Å². The Morgan fingerprint density at radius 2 is 2.13 bits per heavy atom. The molecule has 1 aliphatic heterocycles. The molecule has 3 rings (SSSR count). The van der Waals surface area contributed by atoms with E-state index in [9.17, 15) is 4.79 Å². The molecule has 3 heteroatoms. The molecule has 0 saturated carbocycles. The van der Waals surface area contributed by atoms with Gasteiger partial charge >= 0.3 is 0 Å². The molecule has 0 atom stereocenters. The van der Waals surface area contributed by atoms with Crippen LogP contribution in [-0.4, -0.2) is 6.54 Å². The summed E-state index contributed by atoms with van der Waals surface area (Å²) >= 11 is 0. The van der Waals surface area contributed by atoms with E-state index in [4.69, 9.17) is 4.42 Å². The molecule has 0 saturated heterocycles. The van der Waals surface area contributed by atoms with Crippen molar-refractivity contribution in [2.24, 2.45) is 0 Å². The molecule has 0 radical (unpaired) electrons. The summed E-state index contributed by atoms with van der Waals surface area (Å²) in [5.74, 6) is 0.845. The largest absolute Gasteiger partial charge is 0.460 e. The number of para-hydroxylation sites is 1. The number of hydrogen-bond acceptors (Lipinski definition) is 3. The number of nitrogens with one attached hydrogen (secondary N) is 1. The van der Waals surface area contributed by atoms with Crippen LogP contribution in [0.5, 0.6) is 0 Å². The van der Waals surface area contributed by atoms with Crippen LogP contribution >= 0.6 is 0 Å². The van der Waals surface area contributed by atoms with Crippen molar-refractivity contribution in [2.45, 2.75) is 13.0 Å². The average Bonchev–Trinajstić information content (AvgIpc) is 2.30. The third-order valence-corrected chi connectivity index (χ3v) is 2.81. The molecule has 76 valence electrons. The molecule has 0 spiro atoms. The average molecular weight is 201 g/mol. The predicted octanol–water partition coefficient (Wildman–Crippen LogP) is 1.44. The topological polar surface area (TPSA) is 42.2 Å². The predicted molar refractivity (Wildman–Crippen MR) is 57.9 cm³/mol. The van der Waals surface area contributed by atoms with Gasteiger partial charge in [0, 0.05) is 19.5 Å². The van der Waals surface area contributed by atoms with Crippen LogP contribution in [0.2, 0.25) is 0 Å². The van der Waals surface area contributed by atoms with Crippen molar-refractivity contribution in [1.82, 2.24) is 5.32 Å². The van der Waals surface area contributed by atoms with Crippen molar-refractivity contribution < 1.29 is 4.42 Å². The first-order valence-corrected chi connectivity index (χ1v) is 5.10. The zero-order valence-electron chi connectivity index (χ0n) is 8.25. The lowest BCUT2D eigenvalue weighted by Gasteiger charge is -2.15. The van der Waals surface area contributed by atoms with Crippen LogP contribution in [0, 0.1) is 0 Å². The SMILES string of the molecule is O=c1c2c(oc3ccccc13)CCNC2. The van der Waals surface area contributed by atoms with Gasteiger partial charge in [0.15, 0.2) is 5.43 Å². The number of rotatable bonds is 0. The van der Waals surface area contributed by atoms with Crippen LogP contribution in [0.25, 0.3) is 11.0 Å². The fraction of sp³-hybridized carbons (Fsp3) is 0.250. The van der Waals surface area contributed by atoms with E-state index in [1.165, 1.54) is 0 Å². The van der Waals surface area contributed by atoms with Gasteiger partial charge in [0.1, 0.15) is 11.3 Å². The van der Waals surface area contributed by atoms with Gasteiger partial charge < -0.3 is 9.73 Å². The Kier molecular flexibility index (Phi) is 1.86. The summed E-state index contributed by atoms with van der Waals surface area (Å²) in [5.41, 5.74) is 1.60. The fourth-order valence-corrected chi connectivity index (χ4v) is 2.02. The third-order valence-electron chi connectivity index (χ3n) is 2.81. The second-order valence-electron chi connectivity index (χ2n) is 3.76. The van der Waals surface area contributed by atoms with Crippen molar-refractivity contribution >= 4 is 11.0 Å². The van der Waals surface area contributed by atoms with Crippen LogP contribution in [0.15, 0.2) is 33.5 Å². The van der Waals surface area contributed by atoms with E-state index in [-0.39, 0.29) is 5.43 Å². The van der Waals surface area contributed by atoms with Gasteiger partial charge in [-0.25, -0.2) is 0 Å². The minimum atomic E-state index is 0.110. The second kappa shape index (κ2) is 3.21. The third kappa shape index (κ3) is 1.27. The Hall–Kier alpha value is -1.61. The minimum Gasteiger partial charge on any atom is -0.460 e. The van der Waals surface area contributed by atoms with Gasteiger partial charge in [-0.1, -0.05) is 12.1 Å². The first-order valence-electron chi connectivity index (χ1n) is 5.10. The number of fused-ring (bicyclic) bond motifs is 2. The molecule has 0 aliphatic carbocycles. The van der Waals surface area contributed by atoms with Gasteiger partial charge in [-0.15, -0.1) is 0 Å². The molecule has 0 unspecified atom stereocenters. The first kappa shape index (κ1) is 8.68. The van der Waals surface area contributed by atoms with Crippen LogP contribution < -0.4 is 10.7 Å². The van der Waals surface area contributed by atoms with Gasteiger partial charge in [0.2, 0.25) is 0 Å². The van der Waals surface area contributed by atoms with E-state index in [2.05, 4.69) is 5.32 Å². The van der Waals surface area contributed by atoms with Crippen molar-refractivity contribution in [3.05, 3.63) is 45.8 Å². The van der Waals surface area contributed by atoms with Crippen LogP contribution in [0.3, 0.4) is 0 Å². The maximum atomic E-state index is 12.1. The zero-order chi connectivity index (χ0) is 10.3. The van der Waals surface area contributed by atoms with Crippen molar-refractivity contribution in [2.75, 3.05) is 6.54 Å².